The van der Waals surface area contributed by atoms with Crippen LogP contribution < -0.4 is 0 Å². The molecule has 1 fully saturated rings. The zero-order valence-electron chi connectivity index (χ0n) is 7.45. The van der Waals surface area contributed by atoms with Crippen molar-refractivity contribution in [3.63, 3.8) is 0 Å². The molecule has 0 aromatic heterocycles. The molecule has 0 unspecified atom stereocenters. The fourth-order valence-corrected chi connectivity index (χ4v) is 1.29. The van der Waals surface area contributed by atoms with Gasteiger partial charge in [0, 0.05) is 32.7 Å². The van der Waals surface area contributed by atoms with Gasteiger partial charge in [-0.15, -0.1) is 0 Å². The smallest absolute Gasteiger partial charge is 0.417 e. The van der Waals surface area contributed by atoms with E-state index in [1.54, 1.807) is 0 Å². The van der Waals surface area contributed by atoms with Crippen LogP contribution in [0.4, 0.5) is 0 Å². The highest BCUT2D eigenvalue weighted by Crippen LogP contribution is 1.97. The Kier molecular flexibility index (Phi) is 4.04. The molecule has 69 valence electrons. The first kappa shape index (κ1) is 9.48. The standard InChI is InChI=1S/C8H15N2O2/c1-9-2-4-10(5-3-9)6-7-12-8-11/h2-7H2,1H3. The summed E-state index contributed by atoms with van der Waals surface area (Å²) in [5.41, 5.74) is 0. The molecule has 1 saturated heterocycles. The van der Waals surface area contributed by atoms with Gasteiger partial charge in [0.25, 0.3) is 0 Å². The highest BCUT2D eigenvalue weighted by molar-refractivity contribution is 5.38. The van der Waals surface area contributed by atoms with E-state index >= 15 is 0 Å². The van der Waals surface area contributed by atoms with Gasteiger partial charge in [-0.3, -0.25) is 4.90 Å². The lowest BCUT2D eigenvalue weighted by molar-refractivity contribution is 0.129. The Hall–Kier alpha value is -0.610. The maximum absolute atomic E-state index is 9.72. The lowest BCUT2D eigenvalue weighted by atomic mass is 10.3. The van der Waals surface area contributed by atoms with E-state index in [9.17, 15) is 4.79 Å². The zero-order valence-corrected chi connectivity index (χ0v) is 7.45. The second-order valence-corrected chi connectivity index (χ2v) is 3.08. The summed E-state index contributed by atoms with van der Waals surface area (Å²) in [7, 11) is 2.12. The quantitative estimate of drug-likeness (QED) is 0.525. The topological polar surface area (TPSA) is 32.8 Å². The second kappa shape index (κ2) is 5.11. The summed E-state index contributed by atoms with van der Waals surface area (Å²) >= 11 is 0. The van der Waals surface area contributed by atoms with Crippen LogP contribution in [0, 0.1) is 0 Å². The molecule has 0 N–H and O–H groups in total. The molecule has 1 aliphatic rings. The van der Waals surface area contributed by atoms with Gasteiger partial charge < -0.3 is 9.64 Å². The van der Waals surface area contributed by atoms with Crippen molar-refractivity contribution in [3.8, 4) is 0 Å². The SMILES string of the molecule is CN1CCN(CCO[C]=O)CC1. The van der Waals surface area contributed by atoms with E-state index in [0.29, 0.717) is 6.61 Å². The molecular weight excluding hydrogens is 156 g/mol. The number of likely N-dealkylation sites (N-methyl/N-ethyl adjacent to an activating group) is 1. The average Bonchev–Trinajstić information content (AvgIpc) is 2.09. The van der Waals surface area contributed by atoms with Crippen molar-refractivity contribution in [3.05, 3.63) is 0 Å². The Balaban J connectivity index is 2.05. The number of carbonyl (C=O) groups excluding carboxylic acids is 1. The lowest BCUT2D eigenvalue weighted by Crippen LogP contribution is -2.45. The van der Waals surface area contributed by atoms with Gasteiger partial charge in [-0.25, -0.2) is 4.79 Å². The maximum atomic E-state index is 9.72. The van der Waals surface area contributed by atoms with E-state index in [1.165, 1.54) is 6.47 Å². The summed E-state index contributed by atoms with van der Waals surface area (Å²) in [6.45, 7) is 7.07. The summed E-state index contributed by atoms with van der Waals surface area (Å²) < 4.78 is 4.50. The van der Waals surface area contributed by atoms with Crippen LogP contribution in [0.5, 0.6) is 0 Å². The molecular formula is C8H15N2O2. The van der Waals surface area contributed by atoms with Gasteiger partial charge >= 0.3 is 6.47 Å². The zero-order chi connectivity index (χ0) is 8.81. The molecule has 1 heterocycles. The molecule has 0 amide bonds. The van der Waals surface area contributed by atoms with Gasteiger partial charge in [-0.1, -0.05) is 0 Å². The molecule has 0 spiro atoms. The molecule has 0 aromatic carbocycles. The Morgan fingerprint density at radius 3 is 2.58 bits per heavy atom. The second-order valence-electron chi connectivity index (χ2n) is 3.08. The molecule has 1 rings (SSSR count). The van der Waals surface area contributed by atoms with Gasteiger partial charge in [0.05, 0.1) is 0 Å². The third kappa shape index (κ3) is 3.19. The van der Waals surface area contributed by atoms with E-state index in [1.807, 2.05) is 0 Å². The largest absolute Gasteiger partial charge is 0.456 e. The fraction of sp³-hybridized carbons (Fsp3) is 0.875. The Morgan fingerprint density at radius 1 is 1.33 bits per heavy atom. The first-order chi connectivity index (χ1) is 5.83. The van der Waals surface area contributed by atoms with Gasteiger partial charge in [0.2, 0.25) is 0 Å². The van der Waals surface area contributed by atoms with Gasteiger partial charge in [0.15, 0.2) is 0 Å². The minimum atomic E-state index is 0.465. The van der Waals surface area contributed by atoms with Crippen LogP contribution in [0.2, 0.25) is 0 Å². The molecule has 0 aliphatic carbocycles. The molecule has 4 heteroatoms. The normalized spacial score (nSPS) is 20.8. The number of piperazine rings is 1. The predicted molar refractivity (Wildman–Crippen MR) is 45.6 cm³/mol. The summed E-state index contributed by atoms with van der Waals surface area (Å²) in [5.74, 6) is 0. The van der Waals surface area contributed by atoms with Crippen molar-refractivity contribution in [1.82, 2.24) is 9.80 Å². The molecule has 1 radical (unpaired) electrons. The van der Waals surface area contributed by atoms with Crippen molar-refractivity contribution < 1.29 is 9.53 Å². The van der Waals surface area contributed by atoms with Crippen LogP contribution in [0.3, 0.4) is 0 Å². The van der Waals surface area contributed by atoms with Gasteiger partial charge in [-0.05, 0) is 7.05 Å². The third-order valence-corrected chi connectivity index (χ3v) is 2.16. The summed E-state index contributed by atoms with van der Waals surface area (Å²) in [5, 5.41) is 0. The fourth-order valence-electron chi connectivity index (χ4n) is 1.29. The van der Waals surface area contributed by atoms with Gasteiger partial charge in [-0.2, -0.15) is 0 Å². The summed E-state index contributed by atoms with van der Waals surface area (Å²) in [6, 6.07) is 0. The van der Waals surface area contributed by atoms with Crippen LogP contribution in [0.15, 0.2) is 0 Å². The maximum Gasteiger partial charge on any atom is 0.417 e. The van der Waals surface area contributed by atoms with Crippen molar-refractivity contribution in [2.24, 2.45) is 0 Å². The van der Waals surface area contributed by atoms with E-state index in [0.717, 1.165) is 32.7 Å². The van der Waals surface area contributed by atoms with E-state index in [2.05, 4.69) is 21.6 Å². The minimum Gasteiger partial charge on any atom is -0.456 e. The highest BCUT2D eigenvalue weighted by Gasteiger charge is 2.12. The van der Waals surface area contributed by atoms with Crippen LogP contribution >= 0.6 is 0 Å². The number of hydrogen-bond acceptors (Lipinski definition) is 4. The number of ether oxygens (including phenoxy) is 1. The minimum absolute atomic E-state index is 0.465. The van der Waals surface area contributed by atoms with E-state index in [-0.39, 0.29) is 0 Å². The van der Waals surface area contributed by atoms with Crippen LogP contribution in [0.25, 0.3) is 0 Å². The van der Waals surface area contributed by atoms with Crippen LogP contribution in [-0.2, 0) is 9.53 Å². The number of rotatable bonds is 4. The van der Waals surface area contributed by atoms with Gasteiger partial charge in [0.1, 0.15) is 6.61 Å². The summed E-state index contributed by atoms with van der Waals surface area (Å²) in [6.07, 6.45) is 0. The predicted octanol–water partition coefficient (Wildman–Crippen LogP) is -0.682. The first-order valence-electron chi connectivity index (χ1n) is 4.23. The Labute approximate surface area is 73.1 Å². The molecule has 0 aromatic rings. The lowest BCUT2D eigenvalue weighted by Gasteiger charge is -2.31. The van der Waals surface area contributed by atoms with Crippen molar-refractivity contribution in [2.45, 2.75) is 0 Å². The van der Waals surface area contributed by atoms with Crippen LogP contribution in [-0.4, -0.2) is 62.7 Å². The molecule has 4 nitrogen and oxygen atoms in total. The van der Waals surface area contributed by atoms with Crippen molar-refractivity contribution in [2.75, 3.05) is 46.4 Å². The van der Waals surface area contributed by atoms with Crippen molar-refractivity contribution >= 4 is 6.47 Å². The number of hydrogen-bond donors (Lipinski definition) is 0. The highest BCUT2D eigenvalue weighted by atomic mass is 16.5. The molecule has 0 saturated carbocycles. The van der Waals surface area contributed by atoms with E-state index < -0.39 is 0 Å². The molecule has 12 heavy (non-hydrogen) atoms. The average molecular weight is 171 g/mol. The van der Waals surface area contributed by atoms with Crippen LogP contribution in [0.1, 0.15) is 0 Å². The monoisotopic (exact) mass is 171 g/mol. The molecule has 0 atom stereocenters. The number of nitrogens with zero attached hydrogens (tertiary/aromatic N) is 2. The van der Waals surface area contributed by atoms with E-state index in [4.69, 9.17) is 0 Å². The van der Waals surface area contributed by atoms with Crippen molar-refractivity contribution in [1.29, 1.82) is 0 Å². The summed E-state index contributed by atoms with van der Waals surface area (Å²) in [4.78, 5) is 14.3. The first-order valence-corrected chi connectivity index (χ1v) is 4.23. The Bertz CT molecular complexity index is 133. The third-order valence-electron chi connectivity index (χ3n) is 2.16. The Morgan fingerprint density at radius 2 is 2.00 bits per heavy atom. The molecule has 1 aliphatic heterocycles. The molecule has 0 bridgehead atoms.